The van der Waals surface area contributed by atoms with Crippen LogP contribution in [0.25, 0.3) is 0 Å². The maximum atomic E-state index is 5.13. The number of terminal acetylenes is 1. The van der Waals surface area contributed by atoms with Crippen LogP contribution in [0.15, 0.2) is 30.3 Å². The average Bonchev–Trinajstić information content (AvgIpc) is 2.19. The minimum Gasteiger partial charge on any atom is -0.120 e. The fourth-order valence-electron chi connectivity index (χ4n) is 0.861. The van der Waals surface area contributed by atoms with Gasteiger partial charge >= 0.3 is 0 Å². The van der Waals surface area contributed by atoms with Crippen LogP contribution in [0, 0.1) is 12.3 Å². The summed E-state index contributed by atoms with van der Waals surface area (Å²) in [5.74, 6) is 2.62. The first-order valence-corrected chi connectivity index (χ1v) is 4.41. The normalized spacial score (nSPS) is 7.75. The maximum absolute atomic E-state index is 5.13. The third kappa shape index (κ3) is 4.57. The van der Waals surface area contributed by atoms with E-state index in [9.17, 15) is 0 Å². The number of rotatable bonds is 2. The van der Waals surface area contributed by atoms with Gasteiger partial charge in [-0.15, -0.1) is 12.3 Å². The molecule has 0 N–H and O–H groups in total. The molecule has 0 heterocycles. The van der Waals surface area contributed by atoms with Gasteiger partial charge in [-0.25, -0.2) is 0 Å². The van der Waals surface area contributed by atoms with Crippen LogP contribution in [-0.4, -0.2) is 0 Å². The highest BCUT2D eigenvalue weighted by atomic mass is 13.9. The highest BCUT2D eigenvalue weighted by Gasteiger charge is 1.86. The van der Waals surface area contributed by atoms with Crippen molar-refractivity contribution in [3.63, 3.8) is 0 Å². The molecule has 0 aromatic heterocycles. The van der Waals surface area contributed by atoms with Gasteiger partial charge in [-0.2, -0.15) is 0 Å². The van der Waals surface area contributed by atoms with Crippen molar-refractivity contribution in [2.75, 3.05) is 0 Å². The molecule has 0 saturated carbocycles. The van der Waals surface area contributed by atoms with Crippen molar-refractivity contribution in [3.05, 3.63) is 35.9 Å². The van der Waals surface area contributed by atoms with Crippen molar-refractivity contribution >= 4 is 0 Å². The lowest BCUT2D eigenvalue weighted by Gasteiger charge is -1.93. The topological polar surface area (TPSA) is 0 Å². The van der Waals surface area contributed by atoms with Crippen LogP contribution >= 0.6 is 0 Å². The van der Waals surface area contributed by atoms with Crippen LogP contribution in [0.4, 0.5) is 0 Å². The van der Waals surface area contributed by atoms with Crippen LogP contribution in [0.3, 0.4) is 0 Å². The van der Waals surface area contributed by atoms with E-state index in [1.54, 1.807) is 0 Å². The fraction of sp³-hybridized carbons (Fsp3) is 0.333. The molecule has 0 aliphatic rings. The summed E-state index contributed by atoms with van der Waals surface area (Å²) in [5.41, 5.74) is 1.32. The largest absolute Gasteiger partial charge is 0.120 e. The van der Waals surface area contributed by atoms with Crippen LogP contribution in [0.5, 0.6) is 0 Å². The molecular weight excluding hydrogens is 144 g/mol. The number of hydrogen-bond donors (Lipinski definition) is 0. The molecule has 0 unspecified atom stereocenters. The zero-order valence-electron chi connectivity index (χ0n) is 7.88. The van der Waals surface area contributed by atoms with E-state index >= 15 is 0 Å². The molecule has 0 heteroatoms. The third-order valence-electron chi connectivity index (χ3n) is 1.40. The summed E-state index contributed by atoms with van der Waals surface area (Å²) in [6.07, 6.45) is 6.96. The first-order chi connectivity index (χ1) is 5.93. The summed E-state index contributed by atoms with van der Waals surface area (Å²) in [6, 6.07) is 10.3. The van der Waals surface area contributed by atoms with Crippen molar-refractivity contribution < 1.29 is 0 Å². The van der Waals surface area contributed by atoms with E-state index in [2.05, 4.69) is 18.1 Å². The van der Waals surface area contributed by atoms with Gasteiger partial charge in [0.05, 0.1) is 0 Å². The molecule has 0 saturated heterocycles. The second-order valence-corrected chi connectivity index (χ2v) is 2.19. The maximum Gasteiger partial charge on any atom is 0.0127 e. The summed E-state index contributed by atoms with van der Waals surface area (Å²) in [4.78, 5) is 0. The molecule has 0 amide bonds. The Morgan fingerprint density at radius 3 is 2.25 bits per heavy atom. The molecule has 0 radical (unpaired) electrons. The molecule has 0 fully saturated rings. The standard InChI is InChI=1S/C10H10.C2H6/c1-2-3-7-10-8-5-4-6-9-10;1-2/h1,4-6,8-9H,3,7H2;1-2H3. The Balaban J connectivity index is 0.000000561. The molecule has 1 rings (SSSR count). The Labute approximate surface area is 75.6 Å². The minimum absolute atomic E-state index is 0.837. The van der Waals surface area contributed by atoms with Crippen molar-refractivity contribution in [1.29, 1.82) is 0 Å². The van der Waals surface area contributed by atoms with E-state index in [1.807, 2.05) is 32.0 Å². The Morgan fingerprint density at radius 1 is 1.17 bits per heavy atom. The SMILES string of the molecule is C#CCCc1ccccc1.CC. The van der Waals surface area contributed by atoms with Gasteiger partial charge in [-0.1, -0.05) is 44.2 Å². The van der Waals surface area contributed by atoms with E-state index in [1.165, 1.54) is 5.56 Å². The van der Waals surface area contributed by atoms with Crippen LogP contribution in [0.2, 0.25) is 0 Å². The van der Waals surface area contributed by atoms with Crippen LogP contribution in [0.1, 0.15) is 25.8 Å². The molecule has 0 bridgehead atoms. The van der Waals surface area contributed by atoms with E-state index < -0.39 is 0 Å². The van der Waals surface area contributed by atoms with Crippen LogP contribution < -0.4 is 0 Å². The molecule has 64 valence electrons. The van der Waals surface area contributed by atoms with Crippen LogP contribution in [-0.2, 0) is 6.42 Å². The molecule has 12 heavy (non-hydrogen) atoms. The van der Waals surface area contributed by atoms with E-state index in [0.717, 1.165) is 12.8 Å². The van der Waals surface area contributed by atoms with Gasteiger partial charge in [-0.3, -0.25) is 0 Å². The Kier molecular flexibility index (Phi) is 7.08. The van der Waals surface area contributed by atoms with Gasteiger partial charge in [0.1, 0.15) is 0 Å². The fourth-order valence-corrected chi connectivity index (χ4v) is 0.861. The average molecular weight is 160 g/mol. The minimum atomic E-state index is 0.837. The Hall–Kier alpha value is -1.22. The molecule has 0 atom stereocenters. The van der Waals surface area contributed by atoms with Gasteiger partial charge < -0.3 is 0 Å². The Bertz CT molecular complexity index is 216. The first-order valence-electron chi connectivity index (χ1n) is 4.41. The predicted molar refractivity (Wildman–Crippen MR) is 54.9 cm³/mol. The summed E-state index contributed by atoms with van der Waals surface area (Å²) in [7, 11) is 0. The molecular formula is C12H16. The quantitative estimate of drug-likeness (QED) is 0.582. The van der Waals surface area contributed by atoms with Crippen molar-refractivity contribution in [1.82, 2.24) is 0 Å². The lowest BCUT2D eigenvalue weighted by Crippen LogP contribution is -1.80. The van der Waals surface area contributed by atoms with Crippen molar-refractivity contribution in [2.45, 2.75) is 26.7 Å². The second kappa shape index (κ2) is 7.88. The first kappa shape index (κ1) is 10.8. The molecule has 0 spiro atoms. The molecule has 0 aliphatic carbocycles. The zero-order valence-corrected chi connectivity index (χ0v) is 7.88. The summed E-state index contributed by atoms with van der Waals surface area (Å²) in [6.45, 7) is 4.00. The molecule has 1 aromatic rings. The van der Waals surface area contributed by atoms with E-state index in [4.69, 9.17) is 6.42 Å². The summed E-state index contributed by atoms with van der Waals surface area (Å²) in [5, 5.41) is 0. The smallest absolute Gasteiger partial charge is 0.0127 e. The zero-order chi connectivity index (χ0) is 9.23. The third-order valence-corrected chi connectivity index (χ3v) is 1.40. The van der Waals surface area contributed by atoms with Gasteiger partial charge in [0.2, 0.25) is 0 Å². The van der Waals surface area contributed by atoms with Gasteiger partial charge in [-0.05, 0) is 12.0 Å². The Morgan fingerprint density at radius 2 is 1.75 bits per heavy atom. The van der Waals surface area contributed by atoms with Gasteiger partial charge in [0, 0.05) is 6.42 Å². The van der Waals surface area contributed by atoms with E-state index in [-0.39, 0.29) is 0 Å². The van der Waals surface area contributed by atoms with Gasteiger partial charge in [0.25, 0.3) is 0 Å². The van der Waals surface area contributed by atoms with E-state index in [0.29, 0.717) is 0 Å². The predicted octanol–water partition coefficient (Wildman–Crippen LogP) is 3.28. The summed E-state index contributed by atoms with van der Waals surface area (Å²) < 4.78 is 0. The monoisotopic (exact) mass is 160 g/mol. The molecule has 0 nitrogen and oxygen atoms in total. The highest BCUT2D eigenvalue weighted by Crippen LogP contribution is 2.00. The van der Waals surface area contributed by atoms with Gasteiger partial charge in [0.15, 0.2) is 0 Å². The van der Waals surface area contributed by atoms with Crippen molar-refractivity contribution in [2.24, 2.45) is 0 Å². The lowest BCUT2D eigenvalue weighted by molar-refractivity contribution is 1.03. The number of benzene rings is 1. The molecule has 1 aromatic carbocycles. The number of aryl methyl sites for hydroxylation is 1. The van der Waals surface area contributed by atoms with Crippen molar-refractivity contribution in [3.8, 4) is 12.3 Å². The lowest BCUT2D eigenvalue weighted by atomic mass is 10.1. The highest BCUT2D eigenvalue weighted by molar-refractivity contribution is 5.15. The molecule has 0 aliphatic heterocycles. The second-order valence-electron chi connectivity index (χ2n) is 2.19. The summed E-state index contributed by atoms with van der Waals surface area (Å²) >= 11 is 0. The number of hydrogen-bond acceptors (Lipinski definition) is 0.